The lowest BCUT2D eigenvalue weighted by Crippen LogP contribution is -2.11. The third-order valence-corrected chi connectivity index (χ3v) is 3.21. The highest BCUT2D eigenvalue weighted by Crippen LogP contribution is 2.28. The highest BCUT2D eigenvalue weighted by molar-refractivity contribution is 5.38. The van der Waals surface area contributed by atoms with Crippen molar-refractivity contribution in [3.05, 3.63) is 42.0 Å². The Kier molecular flexibility index (Phi) is 6.51. The Hall–Kier alpha value is -1.28. The summed E-state index contributed by atoms with van der Waals surface area (Å²) in [7, 11) is 1.70. The summed E-state index contributed by atoms with van der Waals surface area (Å²) in [5, 5.41) is 0. The van der Waals surface area contributed by atoms with Crippen LogP contribution in [0.1, 0.15) is 49.3 Å². The van der Waals surface area contributed by atoms with Crippen molar-refractivity contribution in [1.29, 1.82) is 0 Å². The van der Waals surface area contributed by atoms with Gasteiger partial charge in [0, 0.05) is 11.6 Å². The number of rotatable bonds is 8. The third kappa shape index (κ3) is 4.53. The maximum Gasteiger partial charge on any atom is 0.123 e. The summed E-state index contributed by atoms with van der Waals surface area (Å²) >= 11 is 0. The molecule has 0 heterocycles. The van der Waals surface area contributed by atoms with Crippen LogP contribution in [0.4, 0.5) is 0 Å². The molecule has 1 unspecified atom stereocenters. The minimum Gasteiger partial charge on any atom is -0.496 e. The molecule has 2 N–H and O–H groups in total. The molecule has 0 bridgehead atoms. The molecule has 0 spiro atoms. The summed E-state index contributed by atoms with van der Waals surface area (Å²) in [6.45, 7) is 5.82. The van der Waals surface area contributed by atoms with Gasteiger partial charge in [-0.3, -0.25) is 0 Å². The second-order valence-corrected chi connectivity index (χ2v) is 4.78. The van der Waals surface area contributed by atoms with Gasteiger partial charge in [0.25, 0.3) is 0 Å². The van der Waals surface area contributed by atoms with Crippen molar-refractivity contribution in [2.45, 2.75) is 45.1 Å². The Labute approximate surface area is 111 Å². The number of benzene rings is 1. The van der Waals surface area contributed by atoms with Gasteiger partial charge in [0.05, 0.1) is 7.11 Å². The minimum atomic E-state index is 0.0728. The first-order valence-corrected chi connectivity index (χ1v) is 6.70. The Morgan fingerprint density at radius 3 is 2.78 bits per heavy atom. The molecule has 0 saturated heterocycles. The van der Waals surface area contributed by atoms with Crippen molar-refractivity contribution in [3.8, 4) is 5.75 Å². The zero-order valence-corrected chi connectivity index (χ0v) is 11.6. The molecule has 1 atom stereocenters. The van der Waals surface area contributed by atoms with Crippen LogP contribution < -0.4 is 10.5 Å². The van der Waals surface area contributed by atoms with E-state index in [0.29, 0.717) is 0 Å². The predicted octanol–water partition coefficient (Wildman–Crippen LogP) is 4.14. The molecule has 1 rings (SSSR count). The van der Waals surface area contributed by atoms with Gasteiger partial charge in [-0.25, -0.2) is 0 Å². The normalized spacial score (nSPS) is 12.2. The number of hydrogen-bond donors (Lipinski definition) is 1. The molecule has 0 amide bonds. The summed E-state index contributed by atoms with van der Waals surface area (Å²) in [4.78, 5) is 0. The Morgan fingerprint density at radius 1 is 1.33 bits per heavy atom. The summed E-state index contributed by atoms with van der Waals surface area (Å²) in [5.74, 6) is 0.902. The SMILES string of the molecule is C=CCCCCCC(N)c1cc(C)ccc1OC. The van der Waals surface area contributed by atoms with Crippen molar-refractivity contribution < 1.29 is 4.74 Å². The standard InChI is InChI=1S/C16H25NO/c1-4-5-6-7-8-9-15(17)14-12-13(2)10-11-16(14)18-3/h4,10-12,15H,1,5-9,17H2,2-3H3. The molecule has 2 nitrogen and oxygen atoms in total. The van der Waals surface area contributed by atoms with E-state index < -0.39 is 0 Å². The second-order valence-electron chi connectivity index (χ2n) is 4.78. The predicted molar refractivity (Wildman–Crippen MR) is 77.9 cm³/mol. The Balaban J connectivity index is 2.52. The zero-order valence-electron chi connectivity index (χ0n) is 11.6. The van der Waals surface area contributed by atoms with Crippen molar-refractivity contribution in [2.75, 3.05) is 7.11 Å². The molecule has 0 aromatic heterocycles. The van der Waals surface area contributed by atoms with Crippen LogP contribution in [0, 0.1) is 6.92 Å². The molecule has 100 valence electrons. The molecular weight excluding hydrogens is 222 g/mol. The first-order chi connectivity index (χ1) is 8.69. The molecule has 0 fully saturated rings. The van der Waals surface area contributed by atoms with Crippen LogP contribution in [0.15, 0.2) is 30.9 Å². The van der Waals surface area contributed by atoms with E-state index in [2.05, 4.69) is 25.6 Å². The number of ether oxygens (including phenoxy) is 1. The Morgan fingerprint density at radius 2 is 2.11 bits per heavy atom. The van der Waals surface area contributed by atoms with Gasteiger partial charge in [-0.1, -0.05) is 36.6 Å². The van der Waals surface area contributed by atoms with Crippen LogP contribution in [0.3, 0.4) is 0 Å². The number of methoxy groups -OCH3 is 1. The molecule has 0 aliphatic rings. The van der Waals surface area contributed by atoms with Gasteiger partial charge < -0.3 is 10.5 Å². The van der Waals surface area contributed by atoms with E-state index in [9.17, 15) is 0 Å². The minimum absolute atomic E-state index is 0.0728. The molecule has 1 aromatic carbocycles. The van der Waals surface area contributed by atoms with E-state index in [1.165, 1.54) is 18.4 Å². The van der Waals surface area contributed by atoms with Crippen molar-refractivity contribution >= 4 is 0 Å². The van der Waals surface area contributed by atoms with Crippen LogP contribution in [0.2, 0.25) is 0 Å². The van der Waals surface area contributed by atoms with Gasteiger partial charge in [0.15, 0.2) is 0 Å². The lowest BCUT2D eigenvalue weighted by molar-refractivity contribution is 0.403. The fourth-order valence-corrected chi connectivity index (χ4v) is 2.13. The van der Waals surface area contributed by atoms with E-state index in [1.807, 2.05) is 12.1 Å². The number of allylic oxidation sites excluding steroid dienone is 1. The molecule has 0 radical (unpaired) electrons. The smallest absolute Gasteiger partial charge is 0.123 e. The zero-order chi connectivity index (χ0) is 13.4. The Bertz CT molecular complexity index is 373. The molecule has 0 aliphatic carbocycles. The number of aryl methyl sites for hydroxylation is 1. The first kappa shape index (κ1) is 14.8. The maximum atomic E-state index is 6.25. The summed E-state index contributed by atoms with van der Waals surface area (Å²) in [6, 6.07) is 6.26. The fourth-order valence-electron chi connectivity index (χ4n) is 2.13. The van der Waals surface area contributed by atoms with Gasteiger partial charge in [-0.05, 0) is 32.3 Å². The van der Waals surface area contributed by atoms with E-state index in [-0.39, 0.29) is 6.04 Å². The molecule has 0 aliphatic heterocycles. The second kappa shape index (κ2) is 7.93. The van der Waals surface area contributed by atoms with Crippen LogP contribution >= 0.6 is 0 Å². The topological polar surface area (TPSA) is 35.2 Å². The maximum absolute atomic E-state index is 6.25. The quantitative estimate of drug-likeness (QED) is 0.553. The van der Waals surface area contributed by atoms with Gasteiger partial charge in [0.2, 0.25) is 0 Å². The van der Waals surface area contributed by atoms with E-state index in [4.69, 9.17) is 10.5 Å². The van der Waals surface area contributed by atoms with Gasteiger partial charge in [0.1, 0.15) is 5.75 Å². The van der Waals surface area contributed by atoms with Crippen molar-refractivity contribution in [3.63, 3.8) is 0 Å². The number of nitrogens with two attached hydrogens (primary N) is 1. The number of unbranched alkanes of at least 4 members (excludes halogenated alkanes) is 3. The van der Waals surface area contributed by atoms with Crippen molar-refractivity contribution in [1.82, 2.24) is 0 Å². The number of hydrogen-bond acceptors (Lipinski definition) is 2. The van der Waals surface area contributed by atoms with E-state index >= 15 is 0 Å². The lowest BCUT2D eigenvalue weighted by Gasteiger charge is -2.16. The van der Waals surface area contributed by atoms with Crippen LogP contribution in [-0.2, 0) is 0 Å². The van der Waals surface area contributed by atoms with E-state index in [0.717, 1.165) is 30.6 Å². The average Bonchev–Trinajstić information content (AvgIpc) is 2.38. The van der Waals surface area contributed by atoms with Crippen LogP contribution in [0.5, 0.6) is 5.75 Å². The summed E-state index contributed by atoms with van der Waals surface area (Å²) in [5.41, 5.74) is 8.61. The van der Waals surface area contributed by atoms with E-state index in [1.54, 1.807) is 7.11 Å². The van der Waals surface area contributed by atoms with Crippen molar-refractivity contribution in [2.24, 2.45) is 5.73 Å². The van der Waals surface area contributed by atoms with Gasteiger partial charge >= 0.3 is 0 Å². The lowest BCUT2D eigenvalue weighted by atomic mass is 9.98. The molecule has 2 heteroatoms. The van der Waals surface area contributed by atoms with Gasteiger partial charge in [-0.2, -0.15) is 0 Å². The highest BCUT2D eigenvalue weighted by atomic mass is 16.5. The molecular formula is C16H25NO. The summed E-state index contributed by atoms with van der Waals surface area (Å²) in [6.07, 6.45) is 7.67. The van der Waals surface area contributed by atoms with Gasteiger partial charge in [-0.15, -0.1) is 6.58 Å². The molecule has 0 saturated carbocycles. The highest BCUT2D eigenvalue weighted by Gasteiger charge is 2.11. The molecule has 1 aromatic rings. The molecule has 18 heavy (non-hydrogen) atoms. The van der Waals surface area contributed by atoms with Crippen LogP contribution in [-0.4, -0.2) is 7.11 Å². The monoisotopic (exact) mass is 247 g/mol. The fraction of sp³-hybridized carbons (Fsp3) is 0.500. The van der Waals surface area contributed by atoms with Crippen LogP contribution in [0.25, 0.3) is 0 Å². The first-order valence-electron chi connectivity index (χ1n) is 6.70. The largest absolute Gasteiger partial charge is 0.496 e. The summed E-state index contributed by atoms with van der Waals surface area (Å²) < 4.78 is 5.37. The third-order valence-electron chi connectivity index (χ3n) is 3.21. The average molecular weight is 247 g/mol.